The Labute approximate surface area is 200 Å². The summed E-state index contributed by atoms with van der Waals surface area (Å²) in [5.74, 6) is 0.683. The number of methoxy groups -OCH3 is 1. The summed E-state index contributed by atoms with van der Waals surface area (Å²) in [5.41, 5.74) is 1.95. The number of ether oxygens (including phenoxy) is 1. The molecule has 1 aliphatic heterocycles. The third-order valence-corrected chi connectivity index (χ3v) is 7.48. The second-order valence-corrected chi connectivity index (χ2v) is 9.55. The lowest BCUT2D eigenvalue weighted by molar-refractivity contribution is 0.0698. The number of anilines is 1. The highest BCUT2D eigenvalue weighted by molar-refractivity contribution is 7.80. The maximum Gasteiger partial charge on any atom is 0.265 e. The molecule has 4 rings (SSSR count). The molecule has 1 aliphatic rings. The van der Waals surface area contributed by atoms with E-state index in [1.165, 1.54) is 11.3 Å². The number of aryl methyl sites for hydroxylation is 1. The average molecular weight is 494 g/mol. The molecule has 0 atom stereocenters. The standard InChI is InChI=1S/C22H21Cl2N3O2S2/c1-13-3-6-17(29-2)16(11-13)25-22(30)27-9-7-26(8-10-27)21(28)20-19(24)15-5-4-14(23)12-18(15)31-20/h3-6,11-12H,7-10H2,1-2H3,(H,25,30). The predicted octanol–water partition coefficient (Wildman–Crippen LogP) is 5.68. The number of thiocarbonyl (C=S) groups is 1. The maximum atomic E-state index is 13.1. The average Bonchev–Trinajstić information content (AvgIpc) is 3.09. The summed E-state index contributed by atoms with van der Waals surface area (Å²) >= 11 is 19.6. The number of nitrogens with zero attached hydrogens (tertiary/aromatic N) is 2. The lowest BCUT2D eigenvalue weighted by Crippen LogP contribution is -2.51. The summed E-state index contributed by atoms with van der Waals surface area (Å²) in [6.07, 6.45) is 0. The quantitative estimate of drug-likeness (QED) is 0.475. The molecule has 0 bridgehead atoms. The van der Waals surface area contributed by atoms with E-state index in [1.54, 1.807) is 13.2 Å². The molecule has 0 radical (unpaired) electrons. The van der Waals surface area contributed by atoms with Crippen molar-refractivity contribution in [1.29, 1.82) is 0 Å². The molecule has 31 heavy (non-hydrogen) atoms. The number of carbonyl (C=O) groups excluding carboxylic acids is 1. The van der Waals surface area contributed by atoms with Crippen LogP contribution in [0.3, 0.4) is 0 Å². The number of nitrogens with one attached hydrogen (secondary N) is 1. The molecule has 1 amide bonds. The highest BCUT2D eigenvalue weighted by Crippen LogP contribution is 2.37. The first-order valence-electron chi connectivity index (χ1n) is 9.75. The highest BCUT2D eigenvalue weighted by atomic mass is 35.5. The first-order chi connectivity index (χ1) is 14.9. The molecule has 0 unspecified atom stereocenters. The van der Waals surface area contributed by atoms with Crippen LogP contribution in [-0.4, -0.2) is 54.1 Å². The Morgan fingerprint density at radius 3 is 2.52 bits per heavy atom. The minimum absolute atomic E-state index is 0.0544. The van der Waals surface area contributed by atoms with E-state index < -0.39 is 0 Å². The number of thiophene rings is 1. The summed E-state index contributed by atoms with van der Waals surface area (Å²) in [6.45, 7) is 4.43. The predicted molar refractivity (Wildman–Crippen MR) is 133 cm³/mol. The molecule has 3 aromatic rings. The molecular weight excluding hydrogens is 473 g/mol. The highest BCUT2D eigenvalue weighted by Gasteiger charge is 2.27. The van der Waals surface area contributed by atoms with Gasteiger partial charge in [-0.15, -0.1) is 11.3 Å². The number of halogens is 2. The largest absolute Gasteiger partial charge is 0.495 e. The fourth-order valence-electron chi connectivity index (χ4n) is 3.55. The van der Waals surface area contributed by atoms with Gasteiger partial charge in [0.1, 0.15) is 10.6 Å². The van der Waals surface area contributed by atoms with E-state index in [0.717, 1.165) is 27.1 Å². The molecule has 2 aromatic carbocycles. The molecular formula is C22H21Cl2N3O2S2. The first-order valence-corrected chi connectivity index (χ1v) is 11.7. The molecule has 0 aliphatic carbocycles. The van der Waals surface area contributed by atoms with Gasteiger partial charge in [0.05, 0.1) is 17.8 Å². The fourth-order valence-corrected chi connectivity index (χ4v) is 5.60. The van der Waals surface area contributed by atoms with E-state index in [1.807, 2.05) is 42.2 Å². The number of piperazine rings is 1. The van der Waals surface area contributed by atoms with Crippen LogP contribution in [0.15, 0.2) is 36.4 Å². The van der Waals surface area contributed by atoms with Gasteiger partial charge in [-0.3, -0.25) is 4.79 Å². The van der Waals surface area contributed by atoms with Crippen LogP contribution in [0.25, 0.3) is 10.1 Å². The Kier molecular flexibility index (Phi) is 6.57. The van der Waals surface area contributed by atoms with Crippen LogP contribution in [-0.2, 0) is 0 Å². The van der Waals surface area contributed by atoms with Gasteiger partial charge in [-0.2, -0.15) is 0 Å². The van der Waals surface area contributed by atoms with Crippen LogP contribution in [0.1, 0.15) is 15.2 Å². The number of hydrogen-bond acceptors (Lipinski definition) is 4. The van der Waals surface area contributed by atoms with Crippen molar-refractivity contribution in [3.63, 3.8) is 0 Å². The molecule has 2 heterocycles. The summed E-state index contributed by atoms with van der Waals surface area (Å²) in [6, 6.07) is 11.4. The Morgan fingerprint density at radius 2 is 1.81 bits per heavy atom. The number of hydrogen-bond donors (Lipinski definition) is 1. The van der Waals surface area contributed by atoms with Crippen molar-refractivity contribution in [2.75, 3.05) is 38.6 Å². The second-order valence-electron chi connectivity index (χ2n) is 7.30. The van der Waals surface area contributed by atoms with Gasteiger partial charge in [0.25, 0.3) is 5.91 Å². The van der Waals surface area contributed by atoms with E-state index >= 15 is 0 Å². The number of amides is 1. The molecule has 0 saturated carbocycles. The fraction of sp³-hybridized carbons (Fsp3) is 0.273. The van der Waals surface area contributed by atoms with E-state index in [2.05, 4.69) is 10.2 Å². The third-order valence-electron chi connectivity index (χ3n) is 5.24. The molecule has 1 fully saturated rings. The van der Waals surface area contributed by atoms with Crippen molar-refractivity contribution < 1.29 is 9.53 Å². The van der Waals surface area contributed by atoms with Crippen molar-refractivity contribution >= 4 is 73.5 Å². The maximum absolute atomic E-state index is 13.1. The summed E-state index contributed by atoms with van der Waals surface area (Å²) in [4.78, 5) is 17.5. The SMILES string of the molecule is COc1ccc(C)cc1NC(=S)N1CCN(C(=O)c2sc3cc(Cl)ccc3c2Cl)CC1. The summed E-state index contributed by atoms with van der Waals surface area (Å²) in [5, 5.41) is 5.87. The lowest BCUT2D eigenvalue weighted by atomic mass is 10.2. The Morgan fingerprint density at radius 1 is 1.10 bits per heavy atom. The van der Waals surface area contributed by atoms with Crippen molar-refractivity contribution in [2.24, 2.45) is 0 Å². The zero-order valence-corrected chi connectivity index (χ0v) is 20.2. The molecule has 1 aromatic heterocycles. The van der Waals surface area contributed by atoms with E-state index in [-0.39, 0.29) is 5.91 Å². The Balaban J connectivity index is 1.42. The topological polar surface area (TPSA) is 44.8 Å². The molecule has 9 heteroatoms. The minimum atomic E-state index is -0.0544. The van der Waals surface area contributed by atoms with Gasteiger partial charge < -0.3 is 19.9 Å². The van der Waals surface area contributed by atoms with E-state index in [4.69, 9.17) is 40.2 Å². The third kappa shape index (κ3) is 4.60. The van der Waals surface area contributed by atoms with Gasteiger partial charge >= 0.3 is 0 Å². The van der Waals surface area contributed by atoms with Crippen LogP contribution in [0.2, 0.25) is 10.0 Å². The first kappa shape index (κ1) is 22.1. The van der Waals surface area contributed by atoms with Crippen LogP contribution >= 0.6 is 46.8 Å². The van der Waals surface area contributed by atoms with Gasteiger partial charge in [-0.05, 0) is 49.0 Å². The van der Waals surface area contributed by atoms with Crippen LogP contribution in [0.4, 0.5) is 5.69 Å². The second kappa shape index (κ2) is 9.20. The van der Waals surface area contributed by atoms with Gasteiger partial charge in [0.15, 0.2) is 5.11 Å². The minimum Gasteiger partial charge on any atom is -0.495 e. The number of benzene rings is 2. The number of carbonyl (C=O) groups is 1. The zero-order valence-electron chi connectivity index (χ0n) is 17.1. The van der Waals surface area contributed by atoms with E-state index in [0.29, 0.717) is 46.2 Å². The van der Waals surface area contributed by atoms with Crippen LogP contribution in [0, 0.1) is 6.92 Å². The van der Waals surface area contributed by atoms with Gasteiger partial charge in [-0.1, -0.05) is 35.3 Å². The van der Waals surface area contributed by atoms with E-state index in [9.17, 15) is 4.79 Å². The monoisotopic (exact) mass is 493 g/mol. The van der Waals surface area contributed by atoms with Gasteiger partial charge in [0.2, 0.25) is 0 Å². The number of rotatable bonds is 3. The summed E-state index contributed by atoms with van der Waals surface area (Å²) in [7, 11) is 1.64. The van der Waals surface area contributed by atoms with Crippen molar-refractivity contribution in [1.82, 2.24) is 9.80 Å². The summed E-state index contributed by atoms with van der Waals surface area (Å²) < 4.78 is 6.33. The smallest absolute Gasteiger partial charge is 0.265 e. The van der Waals surface area contributed by atoms with Gasteiger partial charge in [0, 0.05) is 41.3 Å². The number of fused-ring (bicyclic) bond motifs is 1. The Hall–Kier alpha value is -2.06. The van der Waals surface area contributed by atoms with Crippen molar-refractivity contribution in [3.8, 4) is 5.75 Å². The molecule has 1 N–H and O–H groups in total. The molecule has 5 nitrogen and oxygen atoms in total. The molecule has 0 spiro atoms. The van der Waals surface area contributed by atoms with Crippen molar-refractivity contribution in [2.45, 2.75) is 6.92 Å². The van der Waals surface area contributed by atoms with Crippen LogP contribution < -0.4 is 10.1 Å². The van der Waals surface area contributed by atoms with Gasteiger partial charge in [-0.25, -0.2) is 0 Å². The lowest BCUT2D eigenvalue weighted by Gasteiger charge is -2.36. The van der Waals surface area contributed by atoms with Crippen LogP contribution in [0.5, 0.6) is 5.75 Å². The molecule has 1 saturated heterocycles. The molecule has 162 valence electrons. The normalized spacial score (nSPS) is 14.1. The Bertz CT molecular complexity index is 1160. The zero-order chi connectivity index (χ0) is 22.1. The van der Waals surface area contributed by atoms with Crippen molar-refractivity contribution in [3.05, 3.63) is 56.9 Å².